The molecule has 0 radical (unpaired) electrons. The molecule has 0 aromatic carbocycles. The quantitative estimate of drug-likeness (QED) is 0.861. The van der Waals surface area contributed by atoms with Crippen molar-refractivity contribution in [3.8, 4) is 0 Å². The summed E-state index contributed by atoms with van der Waals surface area (Å²) in [6.45, 7) is 14.4. The van der Waals surface area contributed by atoms with Crippen molar-refractivity contribution in [1.29, 1.82) is 0 Å². The smallest absolute Gasteiger partial charge is 0.226 e. The molecule has 2 rings (SSSR count). The van der Waals surface area contributed by atoms with Crippen LogP contribution < -0.4 is 5.32 Å². The molecule has 0 aromatic rings. The number of amides is 1. The first-order chi connectivity index (χ1) is 9.73. The lowest BCUT2D eigenvalue weighted by molar-refractivity contribution is -0.130. The van der Waals surface area contributed by atoms with E-state index in [1.807, 2.05) is 0 Å². The van der Waals surface area contributed by atoms with Crippen LogP contribution in [0.1, 0.15) is 66.7 Å². The van der Waals surface area contributed by atoms with Crippen LogP contribution in [0.25, 0.3) is 0 Å². The van der Waals surface area contributed by atoms with Gasteiger partial charge in [-0.1, -0.05) is 33.6 Å². The zero-order chi connectivity index (χ0) is 15.7. The molecule has 1 saturated heterocycles. The third-order valence-electron chi connectivity index (χ3n) is 5.66. The molecule has 21 heavy (non-hydrogen) atoms. The summed E-state index contributed by atoms with van der Waals surface area (Å²) in [6, 6.07) is 0. The van der Waals surface area contributed by atoms with Gasteiger partial charge in [0.05, 0.1) is 0 Å². The van der Waals surface area contributed by atoms with Gasteiger partial charge in [-0.05, 0) is 44.9 Å². The summed E-state index contributed by atoms with van der Waals surface area (Å²) in [5.41, 5.74) is -0.0634. The lowest BCUT2D eigenvalue weighted by Crippen LogP contribution is -2.57. The van der Waals surface area contributed by atoms with Gasteiger partial charge in [0.1, 0.15) is 0 Å². The molecule has 0 bridgehead atoms. The van der Waals surface area contributed by atoms with E-state index in [1.54, 1.807) is 0 Å². The summed E-state index contributed by atoms with van der Waals surface area (Å²) in [6.07, 6.45) is 5.84. The van der Waals surface area contributed by atoms with E-state index >= 15 is 0 Å². The van der Waals surface area contributed by atoms with Crippen molar-refractivity contribution in [1.82, 2.24) is 10.2 Å². The van der Waals surface area contributed by atoms with Gasteiger partial charge in [-0.2, -0.15) is 0 Å². The lowest BCUT2D eigenvalue weighted by atomic mass is 9.86. The Kier molecular flexibility index (Phi) is 5.02. The topological polar surface area (TPSA) is 32.3 Å². The van der Waals surface area contributed by atoms with Crippen LogP contribution in [0.15, 0.2) is 0 Å². The normalized spacial score (nSPS) is 30.3. The van der Waals surface area contributed by atoms with Crippen LogP contribution in [0, 0.1) is 17.3 Å². The molecular weight excluding hydrogens is 260 g/mol. The minimum absolute atomic E-state index is 0.0492. The van der Waals surface area contributed by atoms with Crippen molar-refractivity contribution in [2.24, 2.45) is 17.3 Å². The fourth-order valence-corrected chi connectivity index (χ4v) is 4.16. The summed E-state index contributed by atoms with van der Waals surface area (Å²) in [7, 11) is 0. The Morgan fingerprint density at radius 3 is 2.24 bits per heavy atom. The van der Waals surface area contributed by atoms with Crippen LogP contribution >= 0.6 is 0 Å². The van der Waals surface area contributed by atoms with E-state index < -0.39 is 0 Å². The van der Waals surface area contributed by atoms with E-state index in [0.717, 1.165) is 44.3 Å². The number of nitrogens with one attached hydrogen (secondary N) is 1. The molecule has 2 atom stereocenters. The predicted molar refractivity (Wildman–Crippen MR) is 88.2 cm³/mol. The average Bonchev–Trinajstić information content (AvgIpc) is 2.83. The summed E-state index contributed by atoms with van der Waals surface area (Å²) < 4.78 is 0. The van der Waals surface area contributed by atoms with Crippen molar-refractivity contribution in [2.45, 2.75) is 72.3 Å². The van der Waals surface area contributed by atoms with Gasteiger partial charge in [0.2, 0.25) is 5.91 Å². The molecule has 1 aliphatic carbocycles. The lowest BCUT2D eigenvalue weighted by Gasteiger charge is -2.45. The molecule has 3 nitrogen and oxygen atoms in total. The van der Waals surface area contributed by atoms with Gasteiger partial charge >= 0.3 is 0 Å². The maximum absolute atomic E-state index is 12.5. The van der Waals surface area contributed by atoms with E-state index in [1.165, 1.54) is 19.3 Å². The Morgan fingerprint density at radius 1 is 1.19 bits per heavy atom. The molecule has 2 unspecified atom stereocenters. The Morgan fingerprint density at radius 2 is 1.71 bits per heavy atom. The van der Waals surface area contributed by atoms with Crippen molar-refractivity contribution in [3.63, 3.8) is 0 Å². The highest BCUT2D eigenvalue weighted by atomic mass is 16.2. The molecule has 2 aliphatic rings. The predicted octanol–water partition coefficient (Wildman–Crippen LogP) is 3.44. The largest absolute Gasteiger partial charge is 0.354 e. The SMILES string of the molecule is CC1CC(C)CN(C(C)(C)CNC(=O)C2(C)CCCC2)C1. The summed E-state index contributed by atoms with van der Waals surface area (Å²) in [4.78, 5) is 15.1. The Labute approximate surface area is 130 Å². The highest BCUT2D eigenvalue weighted by Gasteiger charge is 2.38. The van der Waals surface area contributed by atoms with Gasteiger partial charge < -0.3 is 5.32 Å². The first-order valence-electron chi connectivity index (χ1n) is 8.76. The van der Waals surface area contributed by atoms with Crippen LogP contribution in [0.2, 0.25) is 0 Å². The van der Waals surface area contributed by atoms with Crippen LogP contribution in [0.3, 0.4) is 0 Å². The van der Waals surface area contributed by atoms with Crippen molar-refractivity contribution < 1.29 is 4.79 Å². The molecule has 0 aromatic heterocycles. The molecule has 1 aliphatic heterocycles. The maximum atomic E-state index is 12.5. The van der Waals surface area contributed by atoms with E-state index in [4.69, 9.17) is 0 Å². The van der Waals surface area contributed by atoms with Gasteiger partial charge in [0.25, 0.3) is 0 Å². The van der Waals surface area contributed by atoms with Crippen molar-refractivity contribution >= 4 is 5.91 Å². The Hall–Kier alpha value is -0.570. The Bertz CT molecular complexity index is 361. The van der Waals surface area contributed by atoms with Gasteiger partial charge in [0, 0.05) is 30.6 Å². The summed E-state index contributed by atoms with van der Waals surface area (Å²) >= 11 is 0. The monoisotopic (exact) mass is 294 g/mol. The van der Waals surface area contributed by atoms with E-state index in [2.05, 4.69) is 44.8 Å². The van der Waals surface area contributed by atoms with Crippen LogP contribution in [-0.2, 0) is 4.79 Å². The zero-order valence-corrected chi connectivity index (χ0v) is 14.7. The second-order valence-electron chi connectivity index (χ2n) is 8.61. The van der Waals surface area contributed by atoms with Gasteiger partial charge in [-0.15, -0.1) is 0 Å². The minimum Gasteiger partial charge on any atom is -0.354 e. The number of likely N-dealkylation sites (tertiary alicyclic amines) is 1. The molecule has 0 spiro atoms. The van der Waals surface area contributed by atoms with Crippen molar-refractivity contribution in [3.05, 3.63) is 0 Å². The van der Waals surface area contributed by atoms with Gasteiger partial charge in [0.15, 0.2) is 0 Å². The zero-order valence-electron chi connectivity index (χ0n) is 14.7. The summed E-state index contributed by atoms with van der Waals surface area (Å²) in [5.74, 6) is 1.79. The first-order valence-corrected chi connectivity index (χ1v) is 8.76. The standard InChI is InChI=1S/C18H34N2O/c1-14-10-15(2)12-20(11-14)17(3,4)13-19-16(21)18(5)8-6-7-9-18/h14-15H,6-13H2,1-5H3,(H,19,21). The molecule has 2 fully saturated rings. The van der Waals surface area contributed by atoms with E-state index in [9.17, 15) is 4.79 Å². The Balaban J connectivity index is 1.90. The number of carbonyl (C=O) groups excluding carboxylic acids is 1. The van der Waals surface area contributed by atoms with Crippen LogP contribution in [0.5, 0.6) is 0 Å². The van der Waals surface area contributed by atoms with Crippen LogP contribution in [-0.4, -0.2) is 36.0 Å². The third-order valence-corrected chi connectivity index (χ3v) is 5.66. The second-order valence-corrected chi connectivity index (χ2v) is 8.61. The molecule has 1 N–H and O–H groups in total. The van der Waals surface area contributed by atoms with Gasteiger partial charge in [-0.25, -0.2) is 0 Å². The second kappa shape index (κ2) is 6.28. The highest BCUT2D eigenvalue weighted by Crippen LogP contribution is 2.37. The van der Waals surface area contributed by atoms with Gasteiger partial charge in [-0.3, -0.25) is 9.69 Å². The molecule has 1 saturated carbocycles. The number of carbonyl (C=O) groups is 1. The van der Waals surface area contributed by atoms with E-state index in [-0.39, 0.29) is 16.9 Å². The third kappa shape index (κ3) is 4.00. The fraction of sp³-hybridized carbons (Fsp3) is 0.944. The molecule has 122 valence electrons. The van der Waals surface area contributed by atoms with E-state index in [0.29, 0.717) is 0 Å². The molecule has 1 amide bonds. The fourth-order valence-electron chi connectivity index (χ4n) is 4.16. The van der Waals surface area contributed by atoms with Crippen molar-refractivity contribution in [2.75, 3.05) is 19.6 Å². The van der Waals surface area contributed by atoms with Crippen LogP contribution in [0.4, 0.5) is 0 Å². The minimum atomic E-state index is -0.113. The summed E-state index contributed by atoms with van der Waals surface area (Å²) in [5, 5.41) is 3.25. The molecule has 1 heterocycles. The number of piperidine rings is 1. The highest BCUT2D eigenvalue weighted by molar-refractivity contribution is 5.82. The number of hydrogen-bond donors (Lipinski definition) is 1. The average molecular weight is 294 g/mol. The first kappa shape index (κ1) is 16.8. The number of hydrogen-bond acceptors (Lipinski definition) is 2. The maximum Gasteiger partial charge on any atom is 0.226 e. The number of rotatable bonds is 4. The molecule has 3 heteroatoms. The molecular formula is C18H34N2O. The number of nitrogens with zero attached hydrogens (tertiary/aromatic N) is 1.